The number of aromatic nitrogens is 6. The maximum absolute atomic E-state index is 5.73. The first-order chi connectivity index (χ1) is 50.6. The van der Waals surface area contributed by atoms with Crippen LogP contribution in [0.1, 0.15) is 89.5 Å². The van der Waals surface area contributed by atoms with E-state index in [1.54, 1.807) is 0 Å². The van der Waals surface area contributed by atoms with Crippen LogP contribution >= 0.6 is 0 Å². The fourth-order valence-corrected chi connectivity index (χ4v) is 17.2. The Morgan fingerprint density at radius 3 is 0.784 bits per heavy atom. The molecule has 0 N–H and O–H groups in total. The van der Waals surface area contributed by atoms with E-state index in [0.29, 0.717) is 29.1 Å². The molecule has 19 rings (SSSR count). The lowest BCUT2D eigenvalue weighted by molar-refractivity contribution is 0.675. The van der Waals surface area contributed by atoms with E-state index in [9.17, 15) is 0 Å². The monoisotopic (exact) mass is 1300 g/mol. The molecule has 2 aliphatic heterocycles. The molecule has 1 aliphatic carbocycles. The molecule has 8 nitrogen and oxygen atoms in total. The van der Waals surface area contributed by atoms with E-state index < -0.39 is 16.2 Å². The Morgan fingerprint density at radius 1 is 0.225 bits per heavy atom. The van der Waals surface area contributed by atoms with Crippen LogP contribution in [0, 0.1) is 0 Å². The molecule has 5 heterocycles. The fraction of sp³-hybridized carbons (Fsp3) is 0.0426. The Balaban J connectivity index is 0.797. The molecule has 0 spiro atoms. The van der Waals surface area contributed by atoms with Crippen molar-refractivity contribution in [3.05, 3.63) is 466 Å². The summed E-state index contributed by atoms with van der Waals surface area (Å²) in [5.74, 6) is 2.71. The summed E-state index contributed by atoms with van der Waals surface area (Å²) < 4.78 is 0. The Morgan fingerprint density at radius 2 is 0.471 bits per heavy atom. The average Bonchev–Trinajstić information content (AvgIpc) is 0.710. The number of hydrogen-bond donors (Lipinski definition) is 0. The Kier molecular flexibility index (Phi) is 14.5. The second-order valence-corrected chi connectivity index (χ2v) is 26.4. The van der Waals surface area contributed by atoms with Crippen molar-refractivity contribution in [3.63, 3.8) is 0 Å². The summed E-state index contributed by atoms with van der Waals surface area (Å²) in [4.78, 5) is 37.2. The summed E-state index contributed by atoms with van der Waals surface area (Å²) in [6.45, 7) is 0. The SMILES string of the molecule is c1ccc(C2(c3ccccc3)c3ccccc3C(c3ccnc(-c4cc(-c5nccc(N6c7ccccc7C(c7ccccc7)(c7ccccc7)c7ccccc76)n5)cc(-c5nccc(N6c7ccccc7C(c7ccccc7)(c7ccccc7)c7ccccc76)n5)c4)n3)c3ccccc32)cc1. The zero-order valence-corrected chi connectivity index (χ0v) is 55.5. The van der Waals surface area contributed by atoms with Gasteiger partial charge in [-0.1, -0.05) is 303 Å². The van der Waals surface area contributed by atoms with Crippen LogP contribution in [-0.2, 0) is 16.2 Å². The summed E-state index contributed by atoms with van der Waals surface area (Å²) in [6, 6.07) is 131. The standard InChI is InChI=1S/C94H64N8/c1-7-31-67(32-8-1)92(68-33-9-2-10-34-68)75-45-21-19-43-73(75)88(74-44-20-22-46-76(74)92)81-55-58-95-89(98-81)64-61-65(90-96-59-56-86(99-90)101-82-51-27-23-47-77(82)93(69-35-11-3-12-36-69,70-37-13-4-14-38-70)78-48-24-28-52-83(78)101)63-66(62-64)91-97-60-57-87(100-91)102-84-53-29-25-49-79(84)94(71-39-15-5-16-40-71,72-41-17-6-18-42-72)80-50-26-30-54-85(80)102/h1-63,88H. The molecule has 13 aromatic carbocycles. The number of anilines is 6. The van der Waals surface area contributed by atoms with E-state index in [2.05, 4.69) is 362 Å². The number of hydrogen-bond acceptors (Lipinski definition) is 8. The first-order valence-corrected chi connectivity index (χ1v) is 34.8. The van der Waals surface area contributed by atoms with Crippen molar-refractivity contribution < 1.29 is 0 Å². The topological polar surface area (TPSA) is 83.8 Å². The average molecular weight is 1310 g/mol. The molecule has 8 heteroatoms. The highest BCUT2D eigenvalue weighted by Gasteiger charge is 2.50. The quantitative estimate of drug-likeness (QED) is 0.120. The van der Waals surface area contributed by atoms with E-state index in [4.69, 9.17) is 29.9 Å². The number of para-hydroxylation sites is 4. The minimum atomic E-state index is -0.658. The van der Waals surface area contributed by atoms with Gasteiger partial charge in [0.15, 0.2) is 17.5 Å². The first kappa shape index (κ1) is 59.9. The van der Waals surface area contributed by atoms with Crippen LogP contribution in [-0.4, -0.2) is 29.9 Å². The Hall–Kier alpha value is -13.3. The third kappa shape index (κ3) is 9.23. The van der Waals surface area contributed by atoms with Gasteiger partial charge in [0.2, 0.25) is 0 Å². The lowest BCUT2D eigenvalue weighted by Gasteiger charge is -2.46. The van der Waals surface area contributed by atoms with E-state index in [-0.39, 0.29) is 5.92 Å². The van der Waals surface area contributed by atoms with Crippen molar-refractivity contribution in [2.75, 3.05) is 9.80 Å². The minimum absolute atomic E-state index is 0.252. The molecule has 0 unspecified atom stereocenters. The Bertz CT molecular complexity index is 4970. The van der Waals surface area contributed by atoms with Gasteiger partial charge in [-0.05, 0) is 139 Å². The first-order valence-electron chi connectivity index (χ1n) is 34.8. The number of benzene rings is 13. The van der Waals surface area contributed by atoms with Gasteiger partial charge in [-0.15, -0.1) is 0 Å². The van der Waals surface area contributed by atoms with E-state index in [1.165, 1.54) is 55.6 Å². The van der Waals surface area contributed by atoms with Gasteiger partial charge in [0.25, 0.3) is 0 Å². The highest BCUT2D eigenvalue weighted by Crippen LogP contribution is 2.61. The van der Waals surface area contributed by atoms with E-state index in [1.807, 2.05) is 30.7 Å². The predicted molar refractivity (Wildman–Crippen MR) is 408 cm³/mol. The molecular formula is C94H64N8. The molecular weight excluding hydrogens is 1240 g/mol. The van der Waals surface area contributed by atoms with Gasteiger partial charge < -0.3 is 0 Å². The van der Waals surface area contributed by atoms with Crippen molar-refractivity contribution in [1.29, 1.82) is 0 Å². The smallest absolute Gasteiger partial charge is 0.161 e. The van der Waals surface area contributed by atoms with Crippen LogP contribution in [0.2, 0.25) is 0 Å². The zero-order valence-electron chi connectivity index (χ0n) is 55.5. The summed E-state index contributed by atoms with van der Waals surface area (Å²) >= 11 is 0. The van der Waals surface area contributed by atoms with Gasteiger partial charge in [0.1, 0.15) is 11.6 Å². The molecule has 0 amide bonds. The number of rotatable bonds is 12. The molecule has 16 aromatic rings. The molecule has 0 saturated heterocycles. The van der Waals surface area contributed by atoms with Crippen LogP contribution in [0.5, 0.6) is 0 Å². The van der Waals surface area contributed by atoms with Gasteiger partial charge in [-0.2, -0.15) is 0 Å². The third-order valence-electron chi connectivity index (χ3n) is 21.2. The van der Waals surface area contributed by atoms with Crippen LogP contribution in [0.3, 0.4) is 0 Å². The highest BCUT2D eigenvalue weighted by atomic mass is 15.2. The second-order valence-electron chi connectivity index (χ2n) is 26.4. The van der Waals surface area contributed by atoms with Crippen molar-refractivity contribution >= 4 is 34.4 Å². The van der Waals surface area contributed by atoms with Gasteiger partial charge in [0.05, 0.1) is 50.6 Å². The van der Waals surface area contributed by atoms with Crippen molar-refractivity contribution in [1.82, 2.24) is 29.9 Å². The molecule has 102 heavy (non-hydrogen) atoms. The zero-order chi connectivity index (χ0) is 67.6. The summed E-state index contributed by atoms with van der Waals surface area (Å²) in [7, 11) is 0. The molecule has 3 aromatic heterocycles. The van der Waals surface area contributed by atoms with Crippen LogP contribution in [0.15, 0.2) is 383 Å². The van der Waals surface area contributed by atoms with Gasteiger partial charge in [-0.3, -0.25) is 9.80 Å². The van der Waals surface area contributed by atoms with Crippen molar-refractivity contribution in [2.45, 2.75) is 22.2 Å². The van der Waals surface area contributed by atoms with Gasteiger partial charge in [-0.25, -0.2) is 29.9 Å². The molecule has 480 valence electrons. The van der Waals surface area contributed by atoms with E-state index >= 15 is 0 Å². The van der Waals surface area contributed by atoms with E-state index in [0.717, 1.165) is 67.4 Å². The third-order valence-corrected chi connectivity index (χ3v) is 21.2. The summed E-state index contributed by atoms with van der Waals surface area (Å²) in [5.41, 5.74) is 21.6. The minimum Gasteiger partial charge on any atom is -0.294 e. The lowest BCUT2D eigenvalue weighted by atomic mass is 9.57. The number of fused-ring (bicyclic) bond motifs is 6. The summed E-state index contributed by atoms with van der Waals surface area (Å²) in [6.07, 6.45) is 5.66. The normalized spacial score (nSPS) is 14.2. The molecule has 0 saturated carbocycles. The van der Waals surface area contributed by atoms with Crippen LogP contribution in [0.25, 0.3) is 34.2 Å². The fourth-order valence-electron chi connectivity index (χ4n) is 17.2. The van der Waals surface area contributed by atoms with Gasteiger partial charge >= 0.3 is 0 Å². The number of nitrogens with zero attached hydrogens (tertiary/aromatic N) is 8. The molecule has 0 radical (unpaired) electrons. The molecule has 0 atom stereocenters. The van der Waals surface area contributed by atoms with Crippen molar-refractivity contribution in [2.24, 2.45) is 0 Å². The molecule has 3 aliphatic rings. The molecule has 0 bridgehead atoms. The maximum Gasteiger partial charge on any atom is 0.161 e. The lowest BCUT2D eigenvalue weighted by Crippen LogP contribution is -2.37. The maximum atomic E-state index is 5.73. The highest BCUT2D eigenvalue weighted by molar-refractivity contribution is 5.91. The van der Waals surface area contributed by atoms with Gasteiger partial charge in [0, 0.05) is 35.3 Å². The summed E-state index contributed by atoms with van der Waals surface area (Å²) in [5, 5.41) is 0. The largest absolute Gasteiger partial charge is 0.294 e. The Labute approximate surface area is 593 Å². The van der Waals surface area contributed by atoms with Crippen LogP contribution in [0.4, 0.5) is 34.4 Å². The van der Waals surface area contributed by atoms with Crippen LogP contribution < -0.4 is 9.80 Å². The predicted octanol–water partition coefficient (Wildman–Crippen LogP) is 21.3. The van der Waals surface area contributed by atoms with Crippen molar-refractivity contribution in [3.8, 4) is 34.2 Å². The second kappa shape index (κ2) is 24.6. The molecule has 0 fully saturated rings.